The molecule has 39 heavy (non-hydrogen) atoms. The van der Waals surface area contributed by atoms with Crippen LogP contribution in [0, 0.1) is 53.4 Å². The zero-order valence-electron chi connectivity index (χ0n) is 24.1. The molecule has 0 radical (unpaired) electrons. The highest BCUT2D eigenvalue weighted by Gasteiger charge is 2.40. The molecule has 2 aliphatic rings. The lowest BCUT2D eigenvalue weighted by Gasteiger charge is -2.15. The van der Waals surface area contributed by atoms with Crippen LogP contribution in [0.2, 0.25) is 0 Å². The molecule has 0 unspecified atom stereocenters. The number of rotatable bonds is 6. The summed E-state index contributed by atoms with van der Waals surface area (Å²) in [5.74, 6) is 0.918. The Balaban J connectivity index is 1.51. The fraction of sp³-hybridized carbons (Fsp3) is 0.485. The van der Waals surface area contributed by atoms with Crippen LogP contribution in [0.25, 0.3) is 11.4 Å². The van der Waals surface area contributed by atoms with Crippen LogP contribution in [0.5, 0.6) is 0 Å². The average molecular weight is 562 g/mol. The number of ketones is 1. The van der Waals surface area contributed by atoms with E-state index in [2.05, 4.69) is 100.0 Å². The van der Waals surface area contributed by atoms with Crippen LogP contribution >= 0.6 is 24.4 Å². The minimum absolute atomic E-state index is 0.0893. The molecule has 6 heteroatoms. The predicted octanol–water partition coefficient (Wildman–Crippen LogP) is 7.31. The summed E-state index contributed by atoms with van der Waals surface area (Å²) in [5.41, 5.74) is 9.23. The van der Waals surface area contributed by atoms with Crippen LogP contribution < -0.4 is 4.57 Å². The van der Waals surface area contributed by atoms with Crippen molar-refractivity contribution in [2.24, 2.45) is 11.8 Å². The first-order valence-electron chi connectivity index (χ1n) is 14.3. The van der Waals surface area contributed by atoms with Gasteiger partial charge in [0.1, 0.15) is 23.8 Å². The summed E-state index contributed by atoms with van der Waals surface area (Å²) >= 11 is 6.08. The number of thioether (sulfide) groups is 1. The normalized spacial score (nSPS) is 22.9. The number of carbonyl (C=O) groups excluding carboxylic acids is 2. The third-order valence-corrected chi connectivity index (χ3v) is 10.4. The Labute approximate surface area is 243 Å². The van der Waals surface area contributed by atoms with Crippen molar-refractivity contribution in [3.63, 3.8) is 0 Å². The van der Waals surface area contributed by atoms with E-state index in [1.54, 1.807) is 0 Å². The molecule has 0 bridgehead atoms. The minimum atomic E-state index is -0.0893. The Morgan fingerprint density at radius 2 is 1.41 bits per heavy atom. The van der Waals surface area contributed by atoms with E-state index in [0.717, 1.165) is 72.2 Å². The smallest absolute Gasteiger partial charge is 0.287 e. The molecular weight excluding hydrogens is 521 g/mol. The highest BCUT2D eigenvalue weighted by atomic mass is 32.2. The van der Waals surface area contributed by atoms with Crippen molar-refractivity contribution < 1.29 is 14.2 Å². The van der Waals surface area contributed by atoms with Gasteiger partial charge in [-0.3, -0.25) is 9.59 Å². The predicted molar refractivity (Wildman–Crippen MR) is 164 cm³/mol. The molecule has 2 saturated carbocycles. The van der Waals surface area contributed by atoms with Crippen LogP contribution in [0.1, 0.15) is 82.5 Å². The fourth-order valence-electron chi connectivity index (χ4n) is 6.99. The van der Waals surface area contributed by atoms with E-state index in [9.17, 15) is 9.59 Å². The van der Waals surface area contributed by atoms with E-state index < -0.39 is 0 Å². The van der Waals surface area contributed by atoms with E-state index in [0.29, 0.717) is 16.2 Å². The molecule has 1 aromatic heterocycles. The summed E-state index contributed by atoms with van der Waals surface area (Å²) in [5, 5.41) is 0.871. The summed E-state index contributed by atoms with van der Waals surface area (Å²) in [6, 6.07) is 8.76. The van der Waals surface area contributed by atoms with Gasteiger partial charge >= 0.3 is 5.82 Å². The zero-order valence-corrected chi connectivity index (χ0v) is 25.8. The fourth-order valence-corrected chi connectivity index (χ4v) is 8.71. The van der Waals surface area contributed by atoms with Crippen molar-refractivity contribution in [2.45, 2.75) is 90.6 Å². The zero-order chi connectivity index (χ0) is 28.0. The molecular formula is C33H41N2O2S2+. The quantitative estimate of drug-likeness (QED) is 0.195. The first-order chi connectivity index (χ1) is 18.5. The molecule has 0 spiro atoms. The number of thiol groups is 1. The second-order valence-corrected chi connectivity index (χ2v) is 14.0. The maximum Gasteiger partial charge on any atom is 0.336 e. The van der Waals surface area contributed by atoms with Crippen molar-refractivity contribution in [1.29, 1.82) is 0 Å². The van der Waals surface area contributed by atoms with Crippen LogP contribution in [0.3, 0.4) is 0 Å². The minimum Gasteiger partial charge on any atom is -0.287 e. The molecule has 2 aliphatic carbocycles. The van der Waals surface area contributed by atoms with E-state index in [1.165, 1.54) is 22.9 Å². The number of benzene rings is 2. The topological polar surface area (TPSA) is 43.0 Å². The molecule has 5 rings (SSSR count). The van der Waals surface area contributed by atoms with Gasteiger partial charge in [-0.15, -0.1) is 0 Å². The first kappa shape index (κ1) is 28.2. The second kappa shape index (κ2) is 11.3. The maximum atomic E-state index is 14.5. The number of imidazole rings is 1. The van der Waals surface area contributed by atoms with Crippen molar-refractivity contribution in [1.82, 2.24) is 4.57 Å². The monoisotopic (exact) mass is 561 g/mol. The number of hydrogen-bond donors (Lipinski definition) is 1. The summed E-state index contributed by atoms with van der Waals surface area (Å²) in [4.78, 5) is 27.4. The number of nitrogens with zero attached hydrogens (tertiary/aromatic N) is 2. The third kappa shape index (κ3) is 5.65. The van der Waals surface area contributed by atoms with E-state index in [1.807, 2.05) is 0 Å². The summed E-state index contributed by atoms with van der Waals surface area (Å²) < 4.78 is 4.23. The van der Waals surface area contributed by atoms with Gasteiger partial charge in [-0.2, -0.15) is 21.8 Å². The van der Waals surface area contributed by atoms with E-state index in [4.69, 9.17) is 0 Å². The Hall–Kier alpha value is -2.31. The SMILES string of the molecule is Cc1cc(C)c(-n2cc[n+](-c3c(C)cc(C)cc3C)c2C(=O)[C@H]2CC[C@@H](SC(=O)[C@@H]3CC[C@H](S)C3)C2)c(C)c1. The molecule has 206 valence electrons. The van der Waals surface area contributed by atoms with Gasteiger partial charge in [0.2, 0.25) is 5.78 Å². The second-order valence-electron chi connectivity index (χ2n) is 12.0. The van der Waals surface area contributed by atoms with Crippen molar-refractivity contribution in [2.75, 3.05) is 0 Å². The van der Waals surface area contributed by atoms with E-state index in [-0.39, 0.29) is 22.9 Å². The van der Waals surface area contributed by atoms with Gasteiger partial charge in [0.15, 0.2) is 5.12 Å². The molecule has 2 aromatic carbocycles. The molecule has 2 fully saturated rings. The highest BCUT2D eigenvalue weighted by molar-refractivity contribution is 8.14. The molecule has 4 nitrogen and oxygen atoms in total. The lowest BCUT2D eigenvalue weighted by atomic mass is 10.00. The first-order valence-corrected chi connectivity index (χ1v) is 15.6. The largest absolute Gasteiger partial charge is 0.336 e. The number of aromatic nitrogens is 2. The van der Waals surface area contributed by atoms with Crippen molar-refractivity contribution in [3.05, 3.63) is 75.9 Å². The Morgan fingerprint density at radius 1 is 0.821 bits per heavy atom. The lowest BCUT2D eigenvalue weighted by molar-refractivity contribution is -0.598. The van der Waals surface area contributed by atoms with Gasteiger partial charge in [-0.05, 0) is 102 Å². The van der Waals surface area contributed by atoms with Gasteiger partial charge in [0.25, 0.3) is 0 Å². The van der Waals surface area contributed by atoms with Crippen molar-refractivity contribution >= 4 is 35.3 Å². The standard InChI is InChI=1S/C33H40N2O2S2/c1-19-13-21(3)29(22(4)14-19)34-11-12-35(30-23(5)15-20(2)16-24(30)6)32(34)31(36)25-8-10-28(18-25)39-33(37)26-7-9-27(38)17-26/h11-16,25-28H,7-10,17-18H2,1-6H3/p+1/t25-,26+,27-,28+/m0/s1. The van der Waals surface area contributed by atoms with Gasteiger partial charge < -0.3 is 0 Å². The van der Waals surface area contributed by atoms with Gasteiger partial charge in [-0.1, -0.05) is 47.2 Å². The third-order valence-electron chi connectivity index (χ3n) is 8.57. The lowest BCUT2D eigenvalue weighted by Crippen LogP contribution is -2.40. The number of carbonyl (C=O) groups is 2. The molecule has 4 atom stereocenters. The van der Waals surface area contributed by atoms with E-state index >= 15 is 0 Å². The molecule has 1 heterocycles. The van der Waals surface area contributed by atoms with Gasteiger partial charge in [0, 0.05) is 22.3 Å². The van der Waals surface area contributed by atoms with Crippen LogP contribution in [0.4, 0.5) is 0 Å². The Morgan fingerprint density at radius 3 is 2.00 bits per heavy atom. The van der Waals surface area contributed by atoms with Gasteiger partial charge in [-0.25, -0.2) is 0 Å². The van der Waals surface area contributed by atoms with Crippen molar-refractivity contribution in [3.8, 4) is 11.4 Å². The molecule has 0 aliphatic heterocycles. The Kier molecular flexibility index (Phi) is 8.17. The highest BCUT2D eigenvalue weighted by Crippen LogP contribution is 2.40. The summed E-state index contributed by atoms with van der Waals surface area (Å²) in [6.07, 6.45) is 9.47. The molecule has 3 aromatic rings. The number of aryl methyl sites for hydroxylation is 6. The average Bonchev–Trinajstić information content (AvgIpc) is 3.58. The van der Waals surface area contributed by atoms with Crippen LogP contribution in [-0.2, 0) is 4.79 Å². The molecule has 0 saturated heterocycles. The van der Waals surface area contributed by atoms with Crippen LogP contribution in [0.15, 0.2) is 36.7 Å². The number of Topliss-reactive ketones (excluding diaryl/α,β-unsaturated/α-hetero) is 1. The molecule has 0 N–H and O–H groups in total. The maximum absolute atomic E-state index is 14.5. The summed E-state index contributed by atoms with van der Waals surface area (Å²) in [6.45, 7) is 12.7. The van der Waals surface area contributed by atoms with Crippen LogP contribution in [-0.4, -0.2) is 26.0 Å². The Bertz CT molecular complexity index is 1320. The number of hydrogen-bond acceptors (Lipinski definition) is 4. The van der Waals surface area contributed by atoms with Gasteiger partial charge in [0.05, 0.1) is 0 Å². The molecule has 0 amide bonds. The summed E-state index contributed by atoms with van der Waals surface area (Å²) in [7, 11) is 0.